The lowest BCUT2D eigenvalue weighted by Crippen LogP contribution is -2.45. The van der Waals surface area contributed by atoms with Gasteiger partial charge in [0.1, 0.15) is 0 Å². The highest BCUT2D eigenvalue weighted by Gasteiger charge is 2.37. The smallest absolute Gasteiger partial charge is 0.0566 e. The lowest BCUT2D eigenvalue weighted by Gasteiger charge is -2.40. The summed E-state index contributed by atoms with van der Waals surface area (Å²) in [7, 11) is 0. The van der Waals surface area contributed by atoms with Crippen LogP contribution in [-0.4, -0.2) is 39.6 Å². The van der Waals surface area contributed by atoms with E-state index in [-0.39, 0.29) is 5.41 Å². The molecule has 0 spiro atoms. The second kappa shape index (κ2) is 24.0. The van der Waals surface area contributed by atoms with Crippen molar-refractivity contribution in [3.8, 4) is 11.1 Å². The van der Waals surface area contributed by atoms with Crippen LogP contribution in [0.5, 0.6) is 0 Å². The number of unbranched alkanes of at least 4 members (excludes halogenated alkanes) is 6. The zero-order chi connectivity index (χ0) is 45.3. The quantitative estimate of drug-likeness (QED) is 0.0482. The molecule has 0 unspecified atom stereocenters. The summed E-state index contributed by atoms with van der Waals surface area (Å²) in [6, 6.07) is 57.8. The highest BCUT2D eigenvalue weighted by atomic mass is 16.5. The summed E-state index contributed by atoms with van der Waals surface area (Å²) >= 11 is 0. The summed E-state index contributed by atoms with van der Waals surface area (Å²) in [5.74, 6) is 0. The van der Waals surface area contributed by atoms with E-state index < -0.39 is 0 Å². The Labute approximate surface area is 397 Å². The SMILES string of the molecule is CCC1(COCCCCCCc2ccc(N(c3ccccc3)c3ccc(-c4ccc(N(c5ccccc5)c5ccc(CCCCCCOCC6(CC)COC6)cc5)cc4)cc3)cc2)CCC1. The number of para-hydroxylation sites is 2. The number of anilines is 6. The van der Waals surface area contributed by atoms with Crippen molar-refractivity contribution in [1.29, 1.82) is 0 Å². The van der Waals surface area contributed by atoms with Crippen LogP contribution in [0.2, 0.25) is 0 Å². The van der Waals surface area contributed by atoms with Crippen LogP contribution in [0.25, 0.3) is 11.1 Å². The third kappa shape index (κ3) is 12.6. The monoisotopic (exact) mass is 883 g/mol. The van der Waals surface area contributed by atoms with Crippen LogP contribution >= 0.6 is 0 Å². The van der Waals surface area contributed by atoms with Gasteiger partial charge in [-0.25, -0.2) is 0 Å². The predicted octanol–water partition coefficient (Wildman–Crippen LogP) is 16.5. The van der Waals surface area contributed by atoms with Crippen molar-refractivity contribution in [2.75, 3.05) is 49.4 Å². The van der Waals surface area contributed by atoms with Crippen LogP contribution in [0, 0.1) is 10.8 Å². The highest BCUT2D eigenvalue weighted by molar-refractivity contribution is 5.80. The van der Waals surface area contributed by atoms with E-state index in [2.05, 4.69) is 181 Å². The van der Waals surface area contributed by atoms with Gasteiger partial charge in [0.15, 0.2) is 0 Å². The molecular formula is C61H74N2O3. The zero-order valence-electron chi connectivity index (χ0n) is 40.0. The summed E-state index contributed by atoms with van der Waals surface area (Å²) in [5, 5.41) is 0. The third-order valence-electron chi connectivity index (χ3n) is 14.6. The molecule has 1 saturated heterocycles. The van der Waals surface area contributed by atoms with E-state index in [1.54, 1.807) is 0 Å². The van der Waals surface area contributed by atoms with Gasteiger partial charge in [-0.1, -0.05) is 131 Å². The number of rotatable bonds is 27. The Morgan fingerprint density at radius 3 is 1.12 bits per heavy atom. The summed E-state index contributed by atoms with van der Waals surface area (Å²) in [5.41, 5.74) is 12.9. The molecule has 0 amide bonds. The number of ether oxygens (including phenoxy) is 3. The van der Waals surface area contributed by atoms with Crippen molar-refractivity contribution < 1.29 is 14.2 Å². The van der Waals surface area contributed by atoms with Gasteiger partial charge in [0.05, 0.1) is 26.4 Å². The van der Waals surface area contributed by atoms with Crippen molar-refractivity contribution in [3.05, 3.63) is 169 Å². The molecule has 0 bridgehead atoms. The van der Waals surface area contributed by atoms with E-state index >= 15 is 0 Å². The molecule has 5 nitrogen and oxygen atoms in total. The molecule has 346 valence electrons. The Hall–Kier alpha value is -5.20. The van der Waals surface area contributed by atoms with Crippen LogP contribution in [0.4, 0.5) is 34.1 Å². The average molecular weight is 883 g/mol. The van der Waals surface area contributed by atoms with E-state index in [1.165, 1.54) is 98.6 Å². The molecule has 6 aromatic carbocycles. The van der Waals surface area contributed by atoms with Crippen LogP contribution < -0.4 is 9.80 Å². The van der Waals surface area contributed by atoms with Gasteiger partial charge >= 0.3 is 0 Å². The van der Waals surface area contributed by atoms with Gasteiger partial charge in [0.25, 0.3) is 0 Å². The van der Waals surface area contributed by atoms with Gasteiger partial charge in [-0.3, -0.25) is 0 Å². The average Bonchev–Trinajstić information content (AvgIpc) is 3.34. The first-order valence-electron chi connectivity index (χ1n) is 25.4. The molecule has 8 rings (SSSR count). The number of nitrogens with zero attached hydrogens (tertiary/aromatic N) is 2. The maximum Gasteiger partial charge on any atom is 0.0566 e. The molecule has 1 aliphatic carbocycles. The fourth-order valence-corrected chi connectivity index (χ4v) is 9.69. The minimum atomic E-state index is 0.281. The van der Waals surface area contributed by atoms with Crippen molar-refractivity contribution >= 4 is 34.1 Å². The molecule has 2 aliphatic rings. The Balaban J connectivity index is 0.849. The van der Waals surface area contributed by atoms with Crippen molar-refractivity contribution in [2.24, 2.45) is 10.8 Å². The maximum atomic E-state index is 6.09. The topological polar surface area (TPSA) is 34.2 Å². The fraction of sp³-hybridized carbons (Fsp3) is 0.410. The Kier molecular flexibility index (Phi) is 17.2. The summed E-state index contributed by atoms with van der Waals surface area (Å²) in [6.45, 7) is 9.87. The number of hydrogen-bond acceptors (Lipinski definition) is 5. The minimum absolute atomic E-state index is 0.281. The maximum absolute atomic E-state index is 6.09. The first-order valence-corrected chi connectivity index (χ1v) is 25.4. The number of benzene rings is 6. The predicted molar refractivity (Wildman–Crippen MR) is 277 cm³/mol. The summed E-state index contributed by atoms with van der Waals surface area (Å²) in [6.07, 6.45) is 18.4. The van der Waals surface area contributed by atoms with E-state index in [4.69, 9.17) is 14.2 Å². The van der Waals surface area contributed by atoms with E-state index in [0.717, 1.165) is 93.8 Å². The second-order valence-corrected chi connectivity index (χ2v) is 19.3. The molecule has 6 aromatic rings. The molecule has 0 radical (unpaired) electrons. The minimum Gasteiger partial charge on any atom is -0.381 e. The molecule has 2 fully saturated rings. The van der Waals surface area contributed by atoms with E-state index in [9.17, 15) is 0 Å². The van der Waals surface area contributed by atoms with Crippen LogP contribution in [0.1, 0.15) is 108 Å². The Morgan fingerprint density at radius 2 is 0.773 bits per heavy atom. The Morgan fingerprint density at radius 1 is 0.409 bits per heavy atom. The van der Waals surface area contributed by atoms with Crippen molar-refractivity contribution in [2.45, 2.75) is 110 Å². The number of hydrogen-bond donors (Lipinski definition) is 0. The molecule has 1 saturated carbocycles. The standard InChI is InChI=1S/C61H74N2O3/c1-3-60(42-19-43-60)46-64-44-17-7-5-11-20-50-26-34-56(35-27-50)62(54-22-13-9-14-23-54)58-38-30-52(31-39-58)53-32-40-59(41-33-53)63(55-24-15-10-16-25-55)57-36-28-51(29-37-57)21-12-6-8-18-45-65-47-61(4-2)48-66-49-61/h9-10,13-16,22-41H,3-8,11-12,17-21,42-49H2,1-2H3. The van der Waals surface area contributed by atoms with Crippen LogP contribution in [0.15, 0.2) is 158 Å². The summed E-state index contributed by atoms with van der Waals surface area (Å²) in [4.78, 5) is 4.71. The van der Waals surface area contributed by atoms with Crippen molar-refractivity contribution in [3.63, 3.8) is 0 Å². The third-order valence-corrected chi connectivity index (χ3v) is 14.6. The second-order valence-electron chi connectivity index (χ2n) is 19.3. The van der Waals surface area contributed by atoms with Crippen molar-refractivity contribution in [1.82, 2.24) is 0 Å². The number of aryl methyl sites for hydroxylation is 2. The first kappa shape index (κ1) is 47.3. The van der Waals surface area contributed by atoms with Gasteiger partial charge < -0.3 is 24.0 Å². The van der Waals surface area contributed by atoms with Gasteiger partial charge in [0, 0.05) is 52.8 Å². The van der Waals surface area contributed by atoms with Gasteiger partial charge in [-0.05, 0) is 165 Å². The zero-order valence-corrected chi connectivity index (χ0v) is 40.0. The van der Waals surface area contributed by atoms with Gasteiger partial charge in [-0.15, -0.1) is 0 Å². The first-order chi connectivity index (χ1) is 32.6. The highest BCUT2D eigenvalue weighted by Crippen LogP contribution is 2.44. The van der Waals surface area contributed by atoms with Gasteiger partial charge in [-0.2, -0.15) is 0 Å². The molecule has 0 atom stereocenters. The normalized spacial score (nSPS) is 14.9. The van der Waals surface area contributed by atoms with Gasteiger partial charge in [0.2, 0.25) is 0 Å². The molecule has 5 heteroatoms. The molecule has 0 N–H and O–H groups in total. The largest absolute Gasteiger partial charge is 0.381 e. The molecule has 0 aromatic heterocycles. The molecule has 1 aliphatic heterocycles. The van der Waals surface area contributed by atoms with E-state index in [0.29, 0.717) is 5.41 Å². The van der Waals surface area contributed by atoms with Crippen LogP contribution in [-0.2, 0) is 27.1 Å². The lowest BCUT2D eigenvalue weighted by atomic mass is 9.68. The molecule has 66 heavy (non-hydrogen) atoms. The fourth-order valence-electron chi connectivity index (χ4n) is 9.69. The molecule has 1 heterocycles. The lowest BCUT2D eigenvalue weighted by molar-refractivity contribution is -0.150. The molecular weight excluding hydrogens is 809 g/mol. The Bertz CT molecular complexity index is 2110. The van der Waals surface area contributed by atoms with Crippen LogP contribution in [0.3, 0.4) is 0 Å². The summed E-state index contributed by atoms with van der Waals surface area (Å²) < 4.78 is 17.5. The van der Waals surface area contributed by atoms with E-state index in [1.807, 2.05) is 0 Å².